The standard InChI is InChI=1S/C9H11NO3/c10-9(12)13-8-4-2-1-3-7(8)5-6-11/h1-4,11H,5-6H2,(H2,10,12). The molecule has 0 unspecified atom stereocenters. The van der Waals surface area contributed by atoms with E-state index in [4.69, 9.17) is 15.6 Å². The van der Waals surface area contributed by atoms with Crippen LogP contribution in [0.1, 0.15) is 5.56 Å². The SMILES string of the molecule is NC(=O)Oc1ccccc1CCO. The van der Waals surface area contributed by atoms with Crippen molar-refractivity contribution < 1.29 is 14.6 Å². The molecule has 0 heterocycles. The average Bonchev–Trinajstić information content (AvgIpc) is 2.08. The van der Waals surface area contributed by atoms with Gasteiger partial charge in [-0.3, -0.25) is 0 Å². The van der Waals surface area contributed by atoms with Crippen molar-refractivity contribution in [3.8, 4) is 5.75 Å². The summed E-state index contributed by atoms with van der Waals surface area (Å²) < 4.78 is 4.73. The van der Waals surface area contributed by atoms with Crippen molar-refractivity contribution in [2.24, 2.45) is 5.73 Å². The van der Waals surface area contributed by atoms with Gasteiger partial charge in [-0.2, -0.15) is 0 Å². The molecule has 3 N–H and O–H groups in total. The summed E-state index contributed by atoms with van der Waals surface area (Å²) in [5.41, 5.74) is 5.63. The number of hydrogen-bond acceptors (Lipinski definition) is 3. The molecule has 13 heavy (non-hydrogen) atoms. The number of aliphatic hydroxyl groups is 1. The van der Waals surface area contributed by atoms with Crippen LogP contribution in [0.2, 0.25) is 0 Å². The Balaban J connectivity index is 2.84. The summed E-state index contributed by atoms with van der Waals surface area (Å²) >= 11 is 0. The normalized spacial score (nSPS) is 9.62. The van der Waals surface area contributed by atoms with Crippen LogP contribution < -0.4 is 10.5 Å². The minimum Gasteiger partial charge on any atom is -0.410 e. The lowest BCUT2D eigenvalue weighted by Gasteiger charge is -2.06. The van der Waals surface area contributed by atoms with Crippen LogP contribution in [0.15, 0.2) is 24.3 Å². The maximum absolute atomic E-state index is 10.5. The van der Waals surface area contributed by atoms with Gasteiger partial charge in [0.25, 0.3) is 0 Å². The monoisotopic (exact) mass is 181 g/mol. The molecule has 0 fully saturated rings. The van der Waals surface area contributed by atoms with Gasteiger partial charge in [-0.05, 0) is 18.1 Å². The van der Waals surface area contributed by atoms with Crippen molar-refractivity contribution in [2.75, 3.05) is 6.61 Å². The number of carbonyl (C=O) groups excluding carboxylic acids is 1. The highest BCUT2D eigenvalue weighted by Gasteiger charge is 2.04. The van der Waals surface area contributed by atoms with Crippen LogP contribution in [0, 0.1) is 0 Å². The van der Waals surface area contributed by atoms with E-state index >= 15 is 0 Å². The first-order valence-electron chi connectivity index (χ1n) is 3.90. The number of hydrogen-bond donors (Lipinski definition) is 2. The van der Waals surface area contributed by atoms with E-state index in [-0.39, 0.29) is 6.61 Å². The van der Waals surface area contributed by atoms with Gasteiger partial charge in [0.1, 0.15) is 5.75 Å². The van der Waals surface area contributed by atoms with Gasteiger partial charge in [-0.15, -0.1) is 0 Å². The summed E-state index contributed by atoms with van der Waals surface area (Å²) in [4.78, 5) is 10.5. The molecule has 0 aliphatic carbocycles. The number of aliphatic hydroxyl groups excluding tert-OH is 1. The minimum atomic E-state index is -0.842. The van der Waals surface area contributed by atoms with Crippen LogP contribution in [-0.4, -0.2) is 17.8 Å². The summed E-state index contributed by atoms with van der Waals surface area (Å²) in [6.45, 7) is 0.0130. The van der Waals surface area contributed by atoms with Gasteiger partial charge in [-0.1, -0.05) is 18.2 Å². The molecule has 70 valence electrons. The van der Waals surface area contributed by atoms with Gasteiger partial charge < -0.3 is 15.6 Å². The van der Waals surface area contributed by atoms with Crippen molar-refractivity contribution >= 4 is 6.09 Å². The third kappa shape index (κ3) is 2.76. The molecule has 4 heteroatoms. The topological polar surface area (TPSA) is 72.6 Å². The first kappa shape index (κ1) is 9.54. The highest BCUT2D eigenvalue weighted by Crippen LogP contribution is 2.17. The average molecular weight is 181 g/mol. The minimum absolute atomic E-state index is 0.0130. The van der Waals surface area contributed by atoms with E-state index in [0.717, 1.165) is 5.56 Å². The fourth-order valence-corrected chi connectivity index (χ4v) is 1.04. The Labute approximate surface area is 75.9 Å². The summed E-state index contributed by atoms with van der Waals surface area (Å²) in [5, 5.41) is 8.71. The molecule has 1 aromatic rings. The van der Waals surface area contributed by atoms with E-state index in [9.17, 15) is 4.79 Å². The second-order valence-corrected chi connectivity index (χ2v) is 2.50. The Kier molecular flexibility index (Phi) is 3.28. The van der Waals surface area contributed by atoms with Crippen LogP contribution >= 0.6 is 0 Å². The second-order valence-electron chi connectivity index (χ2n) is 2.50. The van der Waals surface area contributed by atoms with Crippen LogP contribution in [-0.2, 0) is 6.42 Å². The molecule has 0 bridgehead atoms. The third-order valence-corrected chi connectivity index (χ3v) is 1.56. The lowest BCUT2D eigenvalue weighted by atomic mass is 10.1. The van der Waals surface area contributed by atoms with Gasteiger partial charge >= 0.3 is 6.09 Å². The molecule has 0 aromatic heterocycles. The summed E-state index contributed by atoms with van der Waals surface area (Å²) in [7, 11) is 0. The van der Waals surface area contributed by atoms with E-state index in [1.54, 1.807) is 24.3 Å². The number of carbonyl (C=O) groups is 1. The van der Waals surface area contributed by atoms with Crippen LogP contribution in [0.4, 0.5) is 4.79 Å². The van der Waals surface area contributed by atoms with Crippen molar-refractivity contribution in [3.63, 3.8) is 0 Å². The maximum atomic E-state index is 10.5. The quantitative estimate of drug-likeness (QED) is 0.720. The predicted octanol–water partition coefficient (Wildman–Crippen LogP) is 0.679. The van der Waals surface area contributed by atoms with E-state index in [1.807, 2.05) is 0 Å². The van der Waals surface area contributed by atoms with E-state index in [1.165, 1.54) is 0 Å². The Morgan fingerprint density at radius 3 is 2.77 bits per heavy atom. The van der Waals surface area contributed by atoms with Crippen LogP contribution in [0.3, 0.4) is 0 Å². The summed E-state index contributed by atoms with van der Waals surface area (Å²) in [6.07, 6.45) is -0.394. The zero-order valence-corrected chi connectivity index (χ0v) is 7.06. The van der Waals surface area contributed by atoms with Crippen LogP contribution in [0.25, 0.3) is 0 Å². The molecule has 4 nitrogen and oxygen atoms in total. The summed E-state index contributed by atoms with van der Waals surface area (Å²) in [5.74, 6) is 0.407. The molecule has 0 aliphatic heterocycles. The number of rotatable bonds is 3. The fraction of sp³-hybridized carbons (Fsp3) is 0.222. The molecule has 0 saturated carbocycles. The van der Waals surface area contributed by atoms with Gasteiger partial charge in [0.15, 0.2) is 0 Å². The smallest absolute Gasteiger partial charge is 0.409 e. The van der Waals surface area contributed by atoms with Crippen molar-refractivity contribution in [1.29, 1.82) is 0 Å². The zero-order chi connectivity index (χ0) is 9.68. The fourth-order valence-electron chi connectivity index (χ4n) is 1.04. The molecule has 0 radical (unpaired) electrons. The molecular weight excluding hydrogens is 170 g/mol. The first-order chi connectivity index (χ1) is 6.24. The van der Waals surface area contributed by atoms with Crippen molar-refractivity contribution in [1.82, 2.24) is 0 Å². The summed E-state index contributed by atoms with van der Waals surface area (Å²) in [6, 6.07) is 6.95. The number of amides is 1. The lowest BCUT2D eigenvalue weighted by molar-refractivity contribution is 0.210. The number of primary amides is 1. The van der Waals surface area contributed by atoms with Gasteiger partial charge in [0.05, 0.1) is 0 Å². The van der Waals surface area contributed by atoms with E-state index in [2.05, 4.69) is 0 Å². The molecule has 1 aromatic carbocycles. The Morgan fingerprint density at radius 1 is 1.46 bits per heavy atom. The molecule has 1 rings (SSSR count). The highest BCUT2D eigenvalue weighted by molar-refractivity contribution is 5.68. The molecule has 0 atom stereocenters. The lowest BCUT2D eigenvalue weighted by Crippen LogP contribution is -2.17. The van der Waals surface area contributed by atoms with Gasteiger partial charge in [-0.25, -0.2) is 4.79 Å². The molecule has 0 aliphatic rings. The van der Waals surface area contributed by atoms with E-state index < -0.39 is 6.09 Å². The number of ether oxygens (including phenoxy) is 1. The number of benzene rings is 1. The first-order valence-corrected chi connectivity index (χ1v) is 3.90. The van der Waals surface area contributed by atoms with Gasteiger partial charge in [0, 0.05) is 6.61 Å². The maximum Gasteiger partial charge on any atom is 0.409 e. The second kappa shape index (κ2) is 4.47. The molecular formula is C9H11NO3. The molecule has 0 spiro atoms. The molecule has 1 amide bonds. The predicted molar refractivity (Wildman–Crippen MR) is 47.4 cm³/mol. The largest absolute Gasteiger partial charge is 0.410 e. The third-order valence-electron chi connectivity index (χ3n) is 1.56. The molecule has 0 saturated heterocycles. The van der Waals surface area contributed by atoms with Crippen molar-refractivity contribution in [3.05, 3.63) is 29.8 Å². The Hall–Kier alpha value is -1.55. The number of para-hydroxylation sites is 1. The Bertz CT molecular complexity index is 299. The zero-order valence-electron chi connectivity index (χ0n) is 7.06. The van der Waals surface area contributed by atoms with Crippen LogP contribution in [0.5, 0.6) is 5.75 Å². The highest BCUT2D eigenvalue weighted by atomic mass is 16.5. The Morgan fingerprint density at radius 2 is 2.15 bits per heavy atom. The van der Waals surface area contributed by atoms with E-state index in [0.29, 0.717) is 12.2 Å². The van der Waals surface area contributed by atoms with Crippen molar-refractivity contribution in [2.45, 2.75) is 6.42 Å². The van der Waals surface area contributed by atoms with Gasteiger partial charge in [0.2, 0.25) is 0 Å². The number of nitrogens with two attached hydrogens (primary N) is 1.